The molecule has 0 unspecified atom stereocenters. The van der Waals surface area contributed by atoms with E-state index in [9.17, 15) is 4.79 Å². The van der Waals surface area contributed by atoms with E-state index >= 15 is 0 Å². The SMILES string of the molecule is Cc1[nH]c2ccccc2c1CC(=O)NCCc1ccccc1. The minimum atomic E-state index is 0.0729. The molecule has 2 aromatic carbocycles. The van der Waals surface area contributed by atoms with Crippen LogP contribution >= 0.6 is 0 Å². The molecule has 1 aromatic heterocycles. The zero-order valence-corrected chi connectivity index (χ0v) is 12.7. The highest BCUT2D eigenvalue weighted by molar-refractivity contribution is 5.90. The molecule has 3 rings (SSSR count). The number of hydrogen-bond acceptors (Lipinski definition) is 1. The number of benzene rings is 2. The van der Waals surface area contributed by atoms with Crippen molar-refractivity contribution in [2.75, 3.05) is 6.54 Å². The van der Waals surface area contributed by atoms with Crippen molar-refractivity contribution in [1.82, 2.24) is 10.3 Å². The van der Waals surface area contributed by atoms with Crippen molar-refractivity contribution in [3.63, 3.8) is 0 Å². The maximum Gasteiger partial charge on any atom is 0.224 e. The third-order valence-electron chi connectivity index (χ3n) is 3.94. The molecule has 0 atom stereocenters. The second kappa shape index (κ2) is 6.48. The van der Waals surface area contributed by atoms with E-state index in [1.54, 1.807) is 0 Å². The minimum Gasteiger partial charge on any atom is -0.358 e. The highest BCUT2D eigenvalue weighted by Crippen LogP contribution is 2.22. The van der Waals surface area contributed by atoms with E-state index < -0.39 is 0 Å². The molecule has 22 heavy (non-hydrogen) atoms. The molecule has 3 nitrogen and oxygen atoms in total. The fourth-order valence-electron chi connectivity index (χ4n) is 2.78. The molecule has 0 radical (unpaired) electrons. The minimum absolute atomic E-state index is 0.0729. The highest BCUT2D eigenvalue weighted by Gasteiger charge is 2.11. The number of nitrogens with one attached hydrogen (secondary N) is 2. The summed E-state index contributed by atoms with van der Waals surface area (Å²) in [5.74, 6) is 0.0729. The lowest BCUT2D eigenvalue weighted by Gasteiger charge is -2.06. The normalized spacial score (nSPS) is 10.8. The van der Waals surface area contributed by atoms with Gasteiger partial charge in [0, 0.05) is 23.1 Å². The lowest BCUT2D eigenvalue weighted by atomic mass is 10.1. The predicted molar refractivity (Wildman–Crippen MR) is 89.9 cm³/mol. The first-order valence-electron chi connectivity index (χ1n) is 7.61. The Balaban J connectivity index is 1.60. The van der Waals surface area contributed by atoms with Gasteiger partial charge >= 0.3 is 0 Å². The van der Waals surface area contributed by atoms with Gasteiger partial charge in [0.25, 0.3) is 0 Å². The molecular weight excluding hydrogens is 272 g/mol. The fourth-order valence-corrected chi connectivity index (χ4v) is 2.78. The van der Waals surface area contributed by atoms with E-state index in [-0.39, 0.29) is 5.91 Å². The lowest BCUT2D eigenvalue weighted by molar-refractivity contribution is -0.120. The predicted octanol–water partition coefficient (Wildman–Crippen LogP) is 3.38. The van der Waals surface area contributed by atoms with Crippen LogP contribution in [0.2, 0.25) is 0 Å². The molecule has 0 aliphatic carbocycles. The first kappa shape index (κ1) is 14.4. The van der Waals surface area contributed by atoms with E-state index in [0.29, 0.717) is 13.0 Å². The van der Waals surface area contributed by atoms with Crippen LogP contribution in [0, 0.1) is 6.92 Å². The third kappa shape index (κ3) is 3.19. The summed E-state index contributed by atoms with van der Waals surface area (Å²) < 4.78 is 0. The van der Waals surface area contributed by atoms with Crippen LogP contribution in [0.5, 0.6) is 0 Å². The van der Waals surface area contributed by atoms with Crippen molar-refractivity contribution in [1.29, 1.82) is 0 Å². The molecule has 0 bridgehead atoms. The van der Waals surface area contributed by atoms with Crippen molar-refractivity contribution >= 4 is 16.8 Å². The Morgan fingerprint density at radius 3 is 2.59 bits per heavy atom. The van der Waals surface area contributed by atoms with Crippen molar-refractivity contribution in [2.45, 2.75) is 19.8 Å². The van der Waals surface area contributed by atoms with Crippen LogP contribution in [0.3, 0.4) is 0 Å². The molecule has 0 saturated heterocycles. The number of para-hydroxylation sites is 1. The van der Waals surface area contributed by atoms with Gasteiger partial charge in [-0.1, -0.05) is 48.5 Å². The average molecular weight is 292 g/mol. The summed E-state index contributed by atoms with van der Waals surface area (Å²) >= 11 is 0. The molecule has 0 saturated carbocycles. The number of carbonyl (C=O) groups is 1. The number of hydrogen-bond donors (Lipinski definition) is 2. The van der Waals surface area contributed by atoms with E-state index in [2.05, 4.69) is 28.5 Å². The van der Waals surface area contributed by atoms with Gasteiger partial charge in [-0.2, -0.15) is 0 Å². The maximum absolute atomic E-state index is 12.2. The zero-order chi connectivity index (χ0) is 15.4. The van der Waals surface area contributed by atoms with Crippen molar-refractivity contribution in [3.8, 4) is 0 Å². The Hall–Kier alpha value is -2.55. The summed E-state index contributed by atoms with van der Waals surface area (Å²) in [5, 5.41) is 4.15. The third-order valence-corrected chi connectivity index (χ3v) is 3.94. The number of aryl methyl sites for hydroxylation is 1. The Labute approximate surface area is 130 Å². The summed E-state index contributed by atoms with van der Waals surface area (Å²) in [6.45, 7) is 2.69. The summed E-state index contributed by atoms with van der Waals surface area (Å²) in [6, 6.07) is 18.3. The summed E-state index contributed by atoms with van der Waals surface area (Å²) in [7, 11) is 0. The largest absolute Gasteiger partial charge is 0.358 e. The van der Waals surface area contributed by atoms with Crippen LogP contribution < -0.4 is 5.32 Å². The second-order valence-electron chi connectivity index (χ2n) is 5.54. The topological polar surface area (TPSA) is 44.9 Å². The number of aromatic amines is 1. The standard InChI is InChI=1S/C19H20N2O/c1-14-17(16-9-5-6-10-18(16)21-14)13-19(22)20-12-11-15-7-3-2-4-8-15/h2-10,21H,11-13H2,1H3,(H,20,22). The van der Waals surface area contributed by atoms with Crippen molar-refractivity contribution < 1.29 is 4.79 Å². The van der Waals surface area contributed by atoms with Crippen molar-refractivity contribution in [2.24, 2.45) is 0 Å². The molecule has 1 heterocycles. The molecule has 3 heteroatoms. The summed E-state index contributed by atoms with van der Waals surface area (Å²) in [5.41, 5.74) is 4.49. The maximum atomic E-state index is 12.2. The first-order chi connectivity index (χ1) is 10.7. The van der Waals surface area contributed by atoms with E-state index in [1.807, 2.05) is 43.3 Å². The van der Waals surface area contributed by atoms with Gasteiger partial charge in [-0.25, -0.2) is 0 Å². The molecule has 0 fully saturated rings. The van der Waals surface area contributed by atoms with Crippen LogP contribution in [0.25, 0.3) is 10.9 Å². The Kier molecular flexibility index (Phi) is 4.24. The van der Waals surface area contributed by atoms with E-state index in [1.165, 1.54) is 5.56 Å². The van der Waals surface area contributed by atoms with Gasteiger partial charge in [0.2, 0.25) is 5.91 Å². The molecular formula is C19H20N2O. The van der Waals surface area contributed by atoms with Gasteiger partial charge in [0.1, 0.15) is 0 Å². The van der Waals surface area contributed by atoms with E-state index in [0.717, 1.165) is 28.6 Å². The number of aromatic nitrogens is 1. The van der Waals surface area contributed by atoms with Crippen molar-refractivity contribution in [3.05, 3.63) is 71.4 Å². The Morgan fingerprint density at radius 2 is 1.77 bits per heavy atom. The molecule has 0 spiro atoms. The van der Waals surface area contributed by atoms with Gasteiger partial charge in [-0.3, -0.25) is 4.79 Å². The van der Waals surface area contributed by atoms with Gasteiger partial charge in [-0.15, -0.1) is 0 Å². The van der Waals surface area contributed by atoms with E-state index in [4.69, 9.17) is 0 Å². The molecule has 0 aliphatic rings. The summed E-state index contributed by atoms with van der Waals surface area (Å²) in [4.78, 5) is 15.5. The number of fused-ring (bicyclic) bond motifs is 1. The highest BCUT2D eigenvalue weighted by atomic mass is 16.1. The Bertz CT molecular complexity index is 774. The lowest BCUT2D eigenvalue weighted by Crippen LogP contribution is -2.27. The molecule has 0 aliphatic heterocycles. The monoisotopic (exact) mass is 292 g/mol. The number of amides is 1. The van der Waals surface area contributed by atoms with Crippen LogP contribution in [-0.2, 0) is 17.6 Å². The quantitative estimate of drug-likeness (QED) is 0.744. The van der Waals surface area contributed by atoms with Gasteiger partial charge in [-0.05, 0) is 30.5 Å². The van der Waals surface area contributed by atoms with Crippen LogP contribution in [0.15, 0.2) is 54.6 Å². The number of carbonyl (C=O) groups excluding carboxylic acids is 1. The number of rotatable bonds is 5. The first-order valence-corrected chi connectivity index (χ1v) is 7.61. The average Bonchev–Trinajstić information content (AvgIpc) is 2.84. The summed E-state index contributed by atoms with van der Waals surface area (Å²) in [6.07, 6.45) is 1.28. The van der Waals surface area contributed by atoms with Gasteiger partial charge < -0.3 is 10.3 Å². The molecule has 1 amide bonds. The van der Waals surface area contributed by atoms with Gasteiger partial charge in [0.15, 0.2) is 0 Å². The van der Waals surface area contributed by atoms with Crippen LogP contribution in [0.4, 0.5) is 0 Å². The van der Waals surface area contributed by atoms with Gasteiger partial charge in [0.05, 0.1) is 6.42 Å². The molecule has 112 valence electrons. The molecule has 2 N–H and O–H groups in total. The molecule has 3 aromatic rings. The van der Waals surface area contributed by atoms with Crippen LogP contribution in [-0.4, -0.2) is 17.4 Å². The Morgan fingerprint density at radius 1 is 1.05 bits per heavy atom. The fraction of sp³-hybridized carbons (Fsp3) is 0.211. The second-order valence-corrected chi connectivity index (χ2v) is 5.54. The number of H-pyrrole nitrogens is 1. The van der Waals surface area contributed by atoms with Crippen LogP contribution in [0.1, 0.15) is 16.8 Å². The zero-order valence-electron chi connectivity index (χ0n) is 12.7. The smallest absolute Gasteiger partial charge is 0.224 e.